The van der Waals surface area contributed by atoms with Gasteiger partial charge in [0.05, 0.1) is 29.1 Å². The third kappa shape index (κ3) is 7.11. The van der Waals surface area contributed by atoms with E-state index in [0.29, 0.717) is 48.5 Å². The van der Waals surface area contributed by atoms with Gasteiger partial charge in [-0.3, -0.25) is 14.6 Å². The minimum atomic E-state index is -4.08. The summed E-state index contributed by atoms with van der Waals surface area (Å²) in [6, 6.07) is 9.50. The first kappa shape index (κ1) is 25.8. The Kier molecular flexibility index (Phi) is 9.59. The Morgan fingerprint density at radius 1 is 1.15 bits per heavy atom. The maximum absolute atomic E-state index is 13.0. The van der Waals surface area contributed by atoms with Crippen molar-refractivity contribution in [2.45, 2.75) is 63.4 Å². The lowest BCUT2D eigenvalue weighted by Crippen LogP contribution is -2.29. The van der Waals surface area contributed by atoms with Gasteiger partial charge in [-0.25, -0.2) is 12.7 Å². The zero-order chi connectivity index (χ0) is 24.4. The van der Waals surface area contributed by atoms with E-state index in [9.17, 15) is 18.0 Å². The Morgan fingerprint density at radius 2 is 1.88 bits per heavy atom. The Balaban J connectivity index is 1.56. The van der Waals surface area contributed by atoms with E-state index >= 15 is 0 Å². The van der Waals surface area contributed by atoms with Crippen LogP contribution in [-0.4, -0.2) is 38.9 Å². The first-order valence-electron chi connectivity index (χ1n) is 11.8. The SMILES string of the molecule is CCOCc1ccc(N(C=O)S(=O)(=O)c2ccc(CCNC(=O)CC3CCCCC3)cc2)cn1. The molecule has 2 aromatic rings. The summed E-state index contributed by atoms with van der Waals surface area (Å²) in [7, 11) is -4.08. The number of hydrogen-bond donors (Lipinski definition) is 1. The van der Waals surface area contributed by atoms with Crippen LogP contribution in [0.5, 0.6) is 0 Å². The largest absolute Gasteiger partial charge is 0.375 e. The molecular formula is C25H33N3O5S. The molecule has 3 rings (SSSR count). The summed E-state index contributed by atoms with van der Waals surface area (Å²) in [5.74, 6) is 0.573. The molecule has 8 nitrogen and oxygen atoms in total. The van der Waals surface area contributed by atoms with E-state index in [1.54, 1.807) is 18.2 Å². The van der Waals surface area contributed by atoms with Gasteiger partial charge in [0.15, 0.2) is 0 Å². The molecule has 184 valence electrons. The van der Waals surface area contributed by atoms with Crippen LogP contribution in [0, 0.1) is 5.92 Å². The predicted octanol–water partition coefficient (Wildman–Crippen LogP) is 3.60. The summed E-state index contributed by atoms with van der Waals surface area (Å²) in [4.78, 5) is 28.0. The van der Waals surface area contributed by atoms with Gasteiger partial charge in [0.2, 0.25) is 12.3 Å². The van der Waals surface area contributed by atoms with Gasteiger partial charge in [-0.2, -0.15) is 0 Å². The molecule has 9 heteroatoms. The van der Waals surface area contributed by atoms with Gasteiger partial charge < -0.3 is 10.1 Å². The number of nitrogens with one attached hydrogen (secondary N) is 1. The molecule has 1 saturated carbocycles. The molecule has 1 aliphatic carbocycles. The highest BCUT2D eigenvalue weighted by Crippen LogP contribution is 2.26. The van der Waals surface area contributed by atoms with E-state index in [1.807, 2.05) is 6.92 Å². The number of sulfonamides is 1. The van der Waals surface area contributed by atoms with E-state index in [-0.39, 0.29) is 22.9 Å². The molecule has 1 aromatic carbocycles. The van der Waals surface area contributed by atoms with Crippen LogP contribution >= 0.6 is 0 Å². The summed E-state index contributed by atoms with van der Waals surface area (Å²) < 4.78 is 32.0. The van der Waals surface area contributed by atoms with Crippen molar-refractivity contribution >= 4 is 28.0 Å². The van der Waals surface area contributed by atoms with Crippen LogP contribution in [0.4, 0.5) is 5.69 Å². The number of carbonyl (C=O) groups excluding carboxylic acids is 2. The maximum atomic E-state index is 13.0. The fourth-order valence-corrected chi connectivity index (χ4v) is 5.31. The Morgan fingerprint density at radius 3 is 2.50 bits per heavy atom. The number of hydrogen-bond acceptors (Lipinski definition) is 6. The van der Waals surface area contributed by atoms with E-state index in [4.69, 9.17) is 4.74 Å². The molecular weight excluding hydrogens is 454 g/mol. The molecule has 34 heavy (non-hydrogen) atoms. The maximum Gasteiger partial charge on any atom is 0.270 e. The molecule has 0 radical (unpaired) electrons. The minimum Gasteiger partial charge on any atom is -0.375 e. The molecule has 0 unspecified atom stereocenters. The molecule has 0 aliphatic heterocycles. The van der Waals surface area contributed by atoms with Crippen LogP contribution in [0.15, 0.2) is 47.5 Å². The number of aromatic nitrogens is 1. The summed E-state index contributed by atoms with van der Waals surface area (Å²) in [5.41, 5.74) is 1.69. The Labute approximate surface area is 201 Å². The van der Waals surface area contributed by atoms with Gasteiger partial charge in [-0.15, -0.1) is 0 Å². The van der Waals surface area contributed by atoms with E-state index in [0.717, 1.165) is 18.4 Å². The number of benzene rings is 1. The van der Waals surface area contributed by atoms with Crippen LogP contribution in [0.2, 0.25) is 0 Å². The zero-order valence-electron chi connectivity index (χ0n) is 19.6. The third-order valence-electron chi connectivity index (χ3n) is 6.03. The molecule has 1 N–H and O–H groups in total. The fourth-order valence-electron chi connectivity index (χ4n) is 4.11. The number of rotatable bonds is 12. The minimum absolute atomic E-state index is 0.00285. The fraction of sp³-hybridized carbons (Fsp3) is 0.480. The first-order chi connectivity index (χ1) is 16.4. The monoisotopic (exact) mass is 487 g/mol. The van der Waals surface area contributed by atoms with Crippen LogP contribution in [0.1, 0.15) is 56.7 Å². The Hall–Kier alpha value is -2.78. The highest BCUT2D eigenvalue weighted by atomic mass is 32.2. The molecule has 1 heterocycles. The number of nitrogens with zero attached hydrogens (tertiary/aromatic N) is 2. The second-order valence-corrected chi connectivity index (χ2v) is 10.3. The van der Waals surface area contributed by atoms with Crippen LogP contribution < -0.4 is 9.62 Å². The average Bonchev–Trinajstić information content (AvgIpc) is 2.85. The van der Waals surface area contributed by atoms with Gasteiger partial charge in [0.25, 0.3) is 10.0 Å². The van der Waals surface area contributed by atoms with Crippen molar-refractivity contribution < 1.29 is 22.7 Å². The van der Waals surface area contributed by atoms with Crippen molar-refractivity contribution in [1.82, 2.24) is 10.3 Å². The summed E-state index contributed by atoms with van der Waals surface area (Å²) >= 11 is 0. The number of carbonyl (C=O) groups is 2. The summed E-state index contributed by atoms with van der Waals surface area (Å²) in [6.07, 6.45) is 8.75. The molecule has 1 fully saturated rings. The lowest BCUT2D eigenvalue weighted by atomic mass is 9.87. The standard InChI is InChI=1S/C25H33N3O5S/c1-2-33-18-22-10-11-23(17-27-22)28(19-29)34(31,32)24-12-8-20(9-13-24)14-15-26-25(30)16-21-6-4-3-5-7-21/h8-13,17,19,21H,2-7,14-16,18H2,1H3,(H,26,30). The molecule has 1 aliphatic rings. The van der Waals surface area contributed by atoms with Gasteiger partial charge in [-0.05, 0) is 61.9 Å². The van der Waals surface area contributed by atoms with E-state index in [1.165, 1.54) is 43.7 Å². The van der Waals surface area contributed by atoms with Gasteiger partial charge in [0.1, 0.15) is 0 Å². The smallest absolute Gasteiger partial charge is 0.270 e. The van der Waals surface area contributed by atoms with Crippen molar-refractivity contribution in [3.63, 3.8) is 0 Å². The lowest BCUT2D eigenvalue weighted by molar-refractivity contribution is -0.122. The van der Waals surface area contributed by atoms with Gasteiger partial charge in [0, 0.05) is 19.6 Å². The van der Waals surface area contributed by atoms with Gasteiger partial charge >= 0.3 is 0 Å². The highest BCUT2D eigenvalue weighted by molar-refractivity contribution is 7.93. The highest BCUT2D eigenvalue weighted by Gasteiger charge is 2.25. The molecule has 2 amide bonds. The summed E-state index contributed by atoms with van der Waals surface area (Å²) in [5, 5.41) is 2.96. The quantitative estimate of drug-likeness (QED) is 0.459. The number of ether oxygens (including phenoxy) is 1. The van der Waals surface area contributed by atoms with E-state index in [2.05, 4.69) is 10.3 Å². The molecule has 0 saturated heterocycles. The van der Waals surface area contributed by atoms with Crippen molar-refractivity contribution in [3.8, 4) is 0 Å². The number of amides is 2. The lowest BCUT2D eigenvalue weighted by Gasteiger charge is -2.20. The van der Waals surface area contributed by atoms with Crippen molar-refractivity contribution in [2.24, 2.45) is 5.92 Å². The van der Waals surface area contributed by atoms with E-state index < -0.39 is 10.0 Å². The van der Waals surface area contributed by atoms with Crippen molar-refractivity contribution in [3.05, 3.63) is 53.9 Å². The second kappa shape index (κ2) is 12.6. The number of pyridine rings is 1. The topological polar surface area (TPSA) is 106 Å². The van der Waals surface area contributed by atoms with Crippen LogP contribution in [0.25, 0.3) is 0 Å². The number of anilines is 1. The van der Waals surface area contributed by atoms with Crippen molar-refractivity contribution in [2.75, 3.05) is 17.5 Å². The Bertz CT molecular complexity index is 1030. The van der Waals surface area contributed by atoms with Crippen LogP contribution in [-0.2, 0) is 37.4 Å². The first-order valence-corrected chi connectivity index (χ1v) is 13.3. The average molecular weight is 488 g/mol. The summed E-state index contributed by atoms with van der Waals surface area (Å²) in [6.45, 7) is 3.22. The third-order valence-corrected chi connectivity index (χ3v) is 7.71. The predicted molar refractivity (Wildman–Crippen MR) is 130 cm³/mol. The van der Waals surface area contributed by atoms with Crippen molar-refractivity contribution in [1.29, 1.82) is 0 Å². The van der Waals surface area contributed by atoms with Crippen LogP contribution in [0.3, 0.4) is 0 Å². The molecule has 1 aromatic heterocycles. The molecule has 0 bridgehead atoms. The van der Waals surface area contributed by atoms with Gasteiger partial charge in [-0.1, -0.05) is 31.4 Å². The molecule has 0 spiro atoms. The molecule has 0 atom stereocenters. The normalized spacial score (nSPS) is 14.5. The zero-order valence-corrected chi connectivity index (χ0v) is 20.4. The second-order valence-electron chi connectivity index (χ2n) is 8.50.